The Morgan fingerprint density at radius 2 is 2.00 bits per heavy atom. The first-order valence-corrected chi connectivity index (χ1v) is 10.5. The molecule has 0 spiro atoms. The van der Waals surface area contributed by atoms with Crippen LogP contribution in [0.3, 0.4) is 0 Å². The average Bonchev–Trinajstić information content (AvgIpc) is 2.65. The Morgan fingerprint density at radius 3 is 2.70 bits per heavy atom. The molecule has 0 aliphatic carbocycles. The molecule has 0 bridgehead atoms. The van der Waals surface area contributed by atoms with E-state index in [1.165, 1.54) is 35.9 Å². The van der Waals surface area contributed by atoms with Crippen molar-refractivity contribution in [2.24, 2.45) is 0 Å². The van der Waals surface area contributed by atoms with Crippen LogP contribution in [0, 0.1) is 6.92 Å². The van der Waals surface area contributed by atoms with E-state index in [-0.39, 0.29) is 23.1 Å². The van der Waals surface area contributed by atoms with Crippen LogP contribution in [0.1, 0.15) is 5.56 Å². The maximum atomic E-state index is 12.8. The van der Waals surface area contributed by atoms with Gasteiger partial charge in [-0.25, -0.2) is 8.42 Å². The van der Waals surface area contributed by atoms with Crippen LogP contribution in [0.15, 0.2) is 52.3 Å². The number of esters is 1. The van der Waals surface area contributed by atoms with Crippen LogP contribution >= 0.6 is 11.8 Å². The number of rotatable bonds is 5. The van der Waals surface area contributed by atoms with Gasteiger partial charge in [0.25, 0.3) is 10.0 Å². The zero-order valence-corrected chi connectivity index (χ0v) is 16.4. The minimum Gasteiger partial charge on any atom is -0.468 e. The Bertz CT molecular complexity index is 1000. The third kappa shape index (κ3) is 4.09. The maximum absolute atomic E-state index is 12.8. The number of para-hydroxylation sites is 1. The summed E-state index contributed by atoms with van der Waals surface area (Å²) in [5, 5.41) is 0. The zero-order valence-electron chi connectivity index (χ0n) is 14.8. The van der Waals surface area contributed by atoms with Gasteiger partial charge >= 0.3 is 5.97 Å². The molecule has 2 aromatic rings. The molecule has 9 heteroatoms. The Labute approximate surface area is 161 Å². The third-order valence-corrected chi connectivity index (χ3v) is 6.50. The van der Waals surface area contributed by atoms with E-state index in [9.17, 15) is 18.0 Å². The van der Waals surface area contributed by atoms with Crippen molar-refractivity contribution < 1.29 is 22.7 Å². The van der Waals surface area contributed by atoms with Gasteiger partial charge in [-0.05, 0) is 36.8 Å². The van der Waals surface area contributed by atoms with Crippen LogP contribution in [0.2, 0.25) is 0 Å². The van der Waals surface area contributed by atoms with Gasteiger partial charge in [-0.15, -0.1) is 11.8 Å². The van der Waals surface area contributed by atoms with E-state index in [0.29, 0.717) is 11.4 Å². The highest BCUT2D eigenvalue weighted by Gasteiger charge is 2.29. The van der Waals surface area contributed by atoms with E-state index in [2.05, 4.69) is 9.46 Å². The topological polar surface area (TPSA) is 92.8 Å². The van der Waals surface area contributed by atoms with Crippen molar-refractivity contribution in [1.82, 2.24) is 0 Å². The highest BCUT2D eigenvalue weighted by atomic mass is 32.2. The number of nitrogens with zero attached hydrogens (tertiary/aromatic N) is 1. The molecule has 1 N–H and O–H groups in total. The van der Waals surface area contributed by atoms with E-state index in [1.807, 2.05) is 6.07 Å². The molecule has 0 saturated carbocycles. The van der Waals surface area contributed by atoms with Crippen LogP contribution in [0.5, 0.6) is 0 Å². The number of hydrogen-bond donors (Lipinski definition) is 1. The number of anilines is 2. The van der Waals surface area contributed by atoms with E-state index in [0.717, 1.165) is 10.5 Å². The average molecular weight is 406 g/mol. The predicted octanol–water partition coefficient (Wildman–Crippen LogP) is 2.41. The summed E-state index contributed by atoms with van der Waals surface area (Å²) in [6.45, 7) is 1.54. The zero-order chi connectivity index (χ0) is 19.6. The fraction of sp³-hybridized carbons (Fsp3) is 0.222. The molecule has 7 nitrogen and oxygen atoms in total. The highest BCUT2D eigenvalue weighted by Crippen LogP contribution is 2.37. The summed E-state index contributed by atoms with van der Waals surface area (Å²) < 4.78 is 32.8. The summed E-state index contributed by atoms with van der Waals surface area (Å²) in [5.74, 6) is -0.677. The molecule has 27 heavy (non-hydrogen) atoms. The number of carbonyl (C=O) groups is 2. The fourth-order valence-corrected chi connectivity index (χ4v) is 4.67. The molecule has 0 fully saturated rings. The Hall–Kier alpha value is -2.52. The minimum atomic E-state index is -3.86. The van der Waals surface area contributed by atoms with Crippen LogP contribution in [0.25, 0.3) is 0 Å². The molecule has 1 heterocycles. The van der Waals surface area contributed by atoms with Crippen molar-refractivity contribution in [1.29, 1.82) is 0 Å². The number of hydrogen-bond acceptors (Lipinski definition) is 6. The van der Waals surface area contributed by atoms with Gasteiger partial charge in [-0.3, -0.25) is 19.2 Å². The molecule has 0 aromatic heterocycles. The molecule has 0 atom stereocenters. The number of aryl methyl sites for hydroxylation is 1. The Balaban J connectivity index is 1.97. The monoisotopic (exact) mass is 406 g/mol. The van der Waals surface area contributed by atoms with Gasteiger partial charge in [0.05, 0.1) is 29.1 Å². The minimum absolute atomic E-state index is 0.00895. The quantitative estimate of drug-likeness (QED) is 0.767. The molecule has 1 aliphatic heterocycles. The van der Waals surface area contributed by atoms with Crippen LogP contribution in [0.4, 0.5) is 11.4 Å². The summed E-state index contributed by atoms with van der Waals surface area (Å²) in [5.41, 5.74) is 1.65. The lowest BCUT2D eigenvalue weighted by atomic mass is 10.2. The second-order valence-electron chi connectivity index (χ2n) is 5.89. The number of carbonyl (C=O) groups excluding carboxylic acids is 2. The molecule has 0 radical (unpaired) electrons. The van der Waals surface area contributed by atoms with E-state index < -0.39 is 16.0 Å². The lowest BCUT2D eigenvalue weighted by Gasteiger charge is -2.28. The number of methoxy groups -OCH3 is 1. The van der Waals surface area contributed by atoms with Crippen molar-refractivity contribution in [2.75, 3.05) is 29.0 Å². The number of nitrogens with one attached hydrogen (secondary N) is 1. The van der Waals surface area contributed by atoms with Gasteiger partial charge in [0.2, 0.25) is 5.91 Å². The molecule has 1 aliphatic rings. The summed E-state index contributed by atoms with van der Waals surface area (Å²) in [7, 11) is -2.62. The maximum Gasteiger partial charge on any atom is 0.325 e. The SMILES string of the molecule is COC(=O)CN1C(=O)CSc2ccc(S(=O)(=O)Nc3ccccc3C)cc21. The normalized spacial score (nSPS) is 13.9. The van der Waals surface area contributed by atoms with Gasteiger partial charge in [0.15, 0.2) is 0 Å². The highest BCUT2D eigenvalue weighted by molar-refractivity contribution is 8.00. The standard InChI is InChI=1S/C18H18N2O5S2/c1-12-5-3-4-6-14(12)19-27(23,24)13-7-8-16-15(9-13)20(10-18(22)25-2)17(21)11-26-16/h3-9,19H,10-11H2,1-2H3. The number of ether oxygens (including phenoxy) is 1. The molecule has 3 rings (SSSR count). The van der Waals surface area contributed by atoms with Gasteiger partial charge < -0.3 is 4.74 Å². The Kier molecular flexibility index (Phi) is 5.43. The van der Waals surface area contributed by atoms with E-state index in [4.69, 9.17) is 0 Å². The number of amides is 1. The molecule has 1 amide bonds. The van der Waals surface area contributed by atoms with Crippen LogP contribution in [-0.2, 0) is 24.3 Å². The number of fused-ring (bicyclic) bond motifs is 1. The van der Waals surface area contributed by atoms with Gasteiger partial charge in [-0.2, -0.15) is 0 Å². The van der Waals surface area contributed by atoms with Crippen molar-refractivity contribution >= 4 is 45.0 Å². The summed E-state index contributed by atoms with van der Waals surface area (Å²) >= 11 is 1.30. The van der Waals surface area contributed by atoms with Crippen molar-refractivity contribution in [3.8, 4) is 0 Å². The molecule has 0 saturated heterocycles. The number of benzene rings is 2. The second-order valence-corrected chi connectivity index (χ2v) is 8.59. The molecule has 142 valence electrons. The van der Waals surface area contributed by atoms with Gasteiger partial charge in [0.1, 0.15) is 6.54 Å². The van der Waals surface area contributed by atoms with Crippen molar-refractivity contribution in [3.63, 3.8) is 0 Å². The largest absolute Gasteiger partial charge is 0.468 e. The first-order valence-electron chi connectivity index (χ1n) is 8.04. The lowest BCUT2D eigenvalue weighted by Crippen LogP contribution is -2.39. The van der Waals surface area contributed by atoms with E-state index >= 15 is 0 Å². The van der Waals surface area contributed by atoms with Crippen molar-refractivity contribution in [3.05, 3.63) is 48.0 Å². The van der Waals surface area contributed by atoms with Crippen LogP contribution < -0.4 is 9.62 Å². The smallest absolute Gasteiger partial charge is 0.325 e. The first-order chi connectivity index (χ1) is 12.8. The number of sulfonamides is 1. The summed E-state index contributed by atoms with van der Waals surface area (Å²) in [6.07, 6.45) is 0. The second kappa shape index (κ2) is 7.61. The predicted molar refractivity (Wildman–Crippen MR) is 104 cm³/mol. The van der Waals surface area contributed by atoms with Crippen molar-refractivity contribution in [2.45, 2.75) is 16.7 Å². The number of thioether (sulfide) groups is 1. The first kappa shape index (κ1) is 19.2. The summed E-state index contributed by atoms with van der Waals surface area (Å²) in [6, 6.07) is 11.6. The fourth-order valence-electron chi connectivity index (χ4n) is 2.61. The molecular formula is C18H18N2O5S2. The Morgan fingerprint density at radius 1 is 1.26 bits per heavy atom. The van der Waals surface area contributed by atoms with E-state index in [1.54, 1.807) is 31.2 Å². The van der Waals surface area contributed by atoms with Gasteiger partial charge in [0, 0.05) is 4.90 Å². The third-order valence-electron chi connectivity index (χ3n) is 4.09. The van der Waals surface area contributed by atoms with Crippen LogP contribution in [-0.4, -0.2) is 39.7 Å². The molecular weight excluding hydrogens is 388 g/mol. The molecule has 2 aromatic carbocycles. The molecule has 0 unspecified atom stereocenters. The summed E-state index contributed by atoms with van der Waals surface area (Å²) in [4.78, 5) is 25.9. The lowest BCUT2D eigenvalue weighted by molar-refractivity contribution is -0.139. The van der Waals surface area contributed by atoms with Gasteiger partial charge in [-0.1, -0.05) is 18.2 Å².